The van der Waals surface area contributed by atoms with E-state index in [1.165, 1.54) is 6.33 Å². The number of rotatable bonds is 17. The normalized spacial score (nSPS) is 16.2. The first-order chi connectivity index (χ1) is 17.0. The first-order valence-electron chi connectivity index (χ1n) is 12.6. The number of nitrogens with zero attached hydrogens (tertiary/aromatic N) is 1. The zero-order valence-corrected chi connectivity index (χ0v) is 21.8. The fourth-order valence-corrected chi connectivity index (χ4v) is 3.64. The van der Waals surface area contributed by atoms with E-state index in [0.29, 0.717) is 37.9 Å². The lowest BCUT2D eigenvalue weighted by molar-refractivity contribution is -0.143. The molecule has 1 heterocycles. The maximum absolute atomic E-state index is 13.3. The van der Waals surface area contributed by atoms with Crippen LogP contribution in [-0.2, 0) is 25.6 Å². The molecular weight excluding hydrogens is 466 g/mol. The number of aromatic nitrogens is 2. The van der Waals surface area contributed by atoms with E-state index in [-0.39, 0.29) is 24.7 Å². The molecular formula is C24H43N7O5. The van der Waals surface area contributed by atoms with Crippen molar-refractivity contribution in [3.8, 4) is 0 Å². The lowest BCUT2D eigenvalue weighted by Gasteiger charge is -2.30. The summed E-state index contributed by atoms with van der Waals surface area (Å²) >= 11 is 0. The van der Waals surface area contributed by atoms with Crippen LogP contribution in [0, 0.1) is 11.8 Å². The molecule has 6 atom stereocenters. The minimum atomic E-state index is -1.15. The second-order valence-electron chi connectivity index (χ2n) is 9.31. The molecule has 6 unspecified atom stereocenters. The molecule has 1 aromatic rings. The summed E-state index contributed by atoms with van der Waals surface area (Å²) in [6, 6.07) is -3.88. The third kappa shape index (κ3) is 9.94. The number of nitrogens with two attached hydrogens (primary N) is 2. The highest BCUT2D eigenvalue weighted by Gasteiger charge is 2.34. The van der Waals surface area contributed by atoms with Crippen LogP contribution >= 0.6 is 0 Å². The van der Waals surface area contributed by atoms with Crippen LogP contribution in [0.15, 0.2) is 12.5 Å². The van der Waals surface area contributed by atoms with Gasteiger partial charge in [0.15, 0.2) is 0 Å². The lowest BCUT2D eigenvalue weighted by Crippen LogP contribution is -2.60. The Bertz CT molecular complexity index is 833. The van der Waals surface area contributed by atoms with E-state index in [1.54, 1.807) is 13.1 Å². The average molecular weight is 510 g/mol. The van der Waals surface area contributed by atoms with Gasteiger partial charge < -0.3 is 37.5 Å². The van der Waals surface area contributed by atoms with Crippen molar-refractivity contribution in [3.63, 3.8) is 0 Å². The summed E-state index contributed by atoms with van der Waals surface area (Å²) in [5, 5.41) is 17.5. The zero-order valence-electron chi connectivity index (χ0n) is 21.8. The lowest BCUT2D eigenvalue weighted by atomic mass is 9.94. The number of carboxylic acid groups (broad SMARTS) is 1. The first-order valence-corrected chi connectivity index (χ1v) is 12.6. The number of unbranched alkanes of at least 4 members (excludes halogenated alkanes) is 1. The molecule has 0 saturated carbocycles. The van der Waals surface area contributed by atoms with E-state index < -0.39 is 47.9 Å². The summed E-state index contributed by atoms with van der Waals surface area (Å²) in [6.45, 7) is 7.81. The largest absolute Gasteiger partial charge is 0.480 e. The Kier molecular flexibility index (Phi) is 13.7. The smallest absolute Gasteiger partial charge is 0.326 e. The van der Waals surface area contributed by atoms with Crippen molar-refractivity contribution in [2.75, 3.05) is 6.54 Å². The minimum Gasteiger partial charge on any atom is -0.480 e. The van der Waals surface area contributed by atoms with Crippen molar-refractivity contribution in [2.24, 2.45) is 23.3 Å². The number of hydrogen-bond donors (Lipinski definition) is 7. The maximum atomic E-state index is 13.3. The Morgan fingerprint density at radius 1 is 0.972 bits per heavy atom. The van der Waals surface area contributed by atoms with Gasteiger partial charge in [0, 0.05) is 18.3 Å². The molecule has 0 spiro atoms. The highest BCUT2D eigenvalue weighted by Crippen LogP contribution is 2.13. The minimum absolute atomic E-state index is 0.222. The van der Waals surface area contributed by atoms with E-state index in [9.17, 15) is 24.3 Å². The van der Waals surface area contributed by atoms with Crippen LogP contribution < -0.4 is 27.4 Å². The second-order valence-corrected chi connectivity index (χ2v) is 9.31. The van der Waals surface area contributed by atoms with Crippen molar-refractivity contribution in [2.45, 2.75) is 90.4 Å². The van der Waals surface area contributed by atoms with Gasteiger partial charge in [0.2, 0.25) is 17.7 Å². The Balaban J connectivity index is 2.96. The van der Waals surface area contributed by atoms with Crippen molar-refractivity contribution in [1.29, 1.82) is 0 Å². The summed E-state index contributed by atoms with van der Waals surface area (Å²) in [7, 11) is 0. The quantitative estimate of drug-likeness (QED) is 0.142. The van der Waals surface area contributed by atoms with E-state index in [1.807, 2.05) is 20.8 Å². The summed E-state index contributed by atoms with van der Waals surface area (Å²) in [4.78, 5) is 57.6. The molecule has 0 aliphatic carbocycles. The Morgan fingerprint density at radius 3 is 2.00 bits per heavy atom. The molecule has 204 valence electrons. The molecule has 1 aromatic heterocycles. The number of imidazole rings is 1. The Morgan fingerprint density at radius 2 is 1.53 bits per heavy atom. The molecule has 3 amide bonds. The molecule has 0 aromatic carbocycles. The van der Waals surface area contributed by atoms with E-state index in [2.05, 4.69) is 25.9 Å². The zero-order chi connectivity index (χ0) is 27.3. The monoisotopic (exact) mass is 509 g/mol. The standard InChI is InChI=1S/C24H43N7O5/c1-5-14(3)19(22(33)29-18(24(35)36)9-7-8-10-25)31-23(34)20(15(4)6-2)30-21(32)17(26)11-16-12-27-13-28-16/h12-15,17-20H,5-11,25-26H2,1-4H3,(H,27,28)(H,29,33)(H,30,32)(H,31,34)(H,35,36). The number of H-pyrrole nitrogens is 1. The number of amides is 3. The van der Waals surface area contributed by atoms with Gasteiger partial charge in [-0.15, -0.1) is 0 Å². The van der Waals surface area contributed by atoms with Crippen LogP contribution in [0.4, 0.5) is 0 Å². The van der Waals surface area contributed by atoms with Crippen LogP contribution in [0.2, 0.25) is 0 Å². The molecule has 0 saturated heterocycles. The SMILES string of the molecule is CCC(C)C(NC(=O)C(N)Cc1cnc[nH]1)C(=O)NC(C(=O)NC(CCCCN)C(=O)O)C(C)CC. The van der Waals surface area contributed by atoms with Gasteiger partial charge in [-0.25, -0.2) is 9.78 Å². The molecule has 9 N–H and O–H groups in total. The summed E-state index contributed by atoms with van der Waals surface area (Å²) in [5.41, 5.74) is 12.2. The first kappa shape index (κ1) is 31.0. The van der Waals surface area contributed by atoms with Crippen LogP contribution in [0.5, 0.6) is 0 Å². The third-order valence-electron chi connectivity index (χ3n) is 6.48. The van der Waals surface area contributed by atoms with Crippen LogP contribution in [0.25, 0.3) is 0 Å². The highest BCUT2D eigenvalue weighted by molar-refractivity contribution is 5.94. The molecule has 0 bridgehead atoms. The number of hydrogen-bond acceptors (Lipinski definition) is 7. The topological polar surface area (TPSA) is 205 Å². The van der Waals surface area contributed by atoms with Gasteiger partial charge in [-0.3, -0.25) is 14.4 Å². The molecule has 36 heavy (non-hydrogen) atoms. The van der Waals surface area contributed by atoms with E-state index in [0.717, 1.165) is 0 Å². The van der Waals surface area contributed by atoms with Crippen molar-refractivity contribution < 1.29 is 24.3 Å². The fourth-order valence-electron chi connectivity index (χ4n) is 3.64. The molecule has 1 rings (SSSR count). The fraction of sp³-hybridized carbons (Fsp3) is 0.708. The summed E-state index contributed by atoms with van der Waals surface area (Å²) in [5.74, 6) is -3.27. The molecule has 0 fully saturated rings. The van der Waals surface area contributed by atoms with Crippen molar-refractivity contribution in [3.05, 3.63) is 18.2 Å². The predicted octanol–water partition coefficient (Wildman–Crippen LogP) is 0.0397. The van der Waals surface area contributed by atoms with Gasteiger partial charge in [-0.2, -0.15) is 0 Å². The Labute approximate surface area is 212 Å². The summed E-state index contributed by atoms with van der Waals surface area (Å²) < 4.78 is 0. The number of aromatic amines is 1. The van der Waals surface area contributed by atoms with Crippen molar-refractivity contribution >= 4 is 23.7 Å². The van der Waals surface area contributed by atoms with Gasteiger partial charge in [0.25, 0.3) is 0 Å². The molecule has 12 heteroatoms. The third-order valence-corrected chi connectivity index (χ3v) is 6.48. The molecule has 0 aliphatic heterocycles. The van der Waals surface area contributed by atoms with Crippen LogP contribution in [0.1, 0.15) is 65.5 Å². The van der Waals surface area contributed by atoms with E-state index >= 15 is 0 Å². The number of nitrogens with one attached hydrogen (secondary N) is 4. The number of carboxylic acids is 1. The van der Waals surface area contributed by atoms with Crippen LogP contribution in [-0.4, -0.2) is 69.5 Å². The van der Waals surface area contributed by atoms with Gasteiger partial charge >= 0.3 is 5.97 Å². The second kappa shape index (κ2) is 15.9. The van der Waals surface area contributed by atoms with Gasteiger partial charge in [0.1, 0.15) is 18.1 Å². The summed E-state index contributed by atoms with van der Waals surface area (Å²) in [6.07, 6.45) is 5.87. The highest BCUT2D eigenvalue weighted by atomic mass is 16.4. The van der Waals surface area contributed by atoms with Crippen LogP contribution in [0.3, 0.4) is 0 Å². The van der Waals surface area contributed by atoms with Gasteiger partial charge in [0.05, 0.1) is 12.4 Å². The number of carbonyl (C=O) groups excluding carboxylic acids is 3. The molecule has 12 nitrogen and oxygen atoms in total. The number of aliphatic carboxylic acids is 1. The van der Waals surface area contributed by atoms with E-state index in [4.69, 9.17) is 11.5 Å². The van der Waals surface area contributed by atoms with Gasteiger partial charge in [-0.05, 0) is 37.6 Å². The Hall–Kier alpha value is -2.99. The predicted molar refractivity (Wildman–Crippen MR) is 136 cm³/mol. The van der Waals surface area contributed by atoms with Gasteiger partial charge in [-0.1, -0.05) is 40.5 Å². The number of carbonyl (C=O) groups is 4. The average Bonchev–Trinajstić information content (AvgIpc) is 3.36. The molecule has 0 radical (unpaired) electrons. The van der Waals surface area contributed by atoms with Crippen molar-refractivity contribution in [1.82, 2.24) is 25.9 Å². The molecule has 0 aliphatic rings. The maximum Gasteiger partial charge on any atom is 0.326 e.